The Morgan fingerprint density at radius 2 is 2.18 bits per heavy atom. The minimum Gasteiger partial charge on any atom is -0.497 e. The van der Waals surface area contributed by atoms with Crippen molar-refractivity contribution < 1.29 is 9.15 Å². The molecule has 0 aliphatic heterocycles. The molecule has 0 fully saturated rings. The summed E-state index contributed by atoms with van der Waals surface area (Å²) < 4.78 is 12.7. The number of hydrogen-bond acceptors (Lipinski definition) is 3. The number of nitrogens with zero attached hydrogens (tertiary/aromatic N) is 2. The van der Waals surface area contributed by atoms with Crippen LogP contribution < -0.4 is 4.74 Å². The van der Waals surface area contributed by atoms with Gasteiger partial charge >= 0.3 is 0 Å². The highest BCUT2D eigenvalue weighted by Gasteiger charge is 2.08. The maximum absolute atomic E-state index is 5.55. The number of aromatic nitrogens is 2. The minimum absolute atomic E-state index is 0.783. The predicted molar refractivity (Wildman–Crippen MR) is 64.2 cm³/mol. The Morgan fingerprint density at radius 3 is 2.88 bits per heavy atom. The fourth-order valence-corrected chi connectivity index (χ4v) is 1.78. The summed E-state index contributed by atoms with van der Waals surface area (Å²) in [6, 6.07) is 7.64. The van der Waals surface area contributed by atoms with Crippen LogP contribution in [0.4, 0.5) is 0 Å². The number of aryl methyl sites for hydroxylation is 1. The van der Waals surface area contributed by atoms with Crippen LogP contribution in [-0.2, 0) is 0 Å². The smallest absolute Gasteiger partial charge is 0.154 e. The van der Waals surface area contributed by atoms with Gasteiger partial charge in [0.1, 0.15) is 22.9 Å². The van der Waals surface area contributed by atoms with Crippen LogP contribution >= 0.6 is 0 Å². The Kier molecular flexibility index (Phi) is 2.14. The number of furan rings is 1. The van der Waals surface area contributed by atoms with Crippen LogP contribution in [0.1, 0.15) is 5.76 Å². The van der Waals surface area contributed by atoms with Crippen LogP contribution in [0.15, 0.2) is 41.1 Å². The maximum Gasteiger partial charge on any atom is 0.154 e. The first-order valence-corrected chi connectivity index (χ1v) is 5.36. The van der Waals surface area contributed by atoms with Crippen molar-refractivity contribution in [3.63, 3.8) is 0 Å². The molecule has 4 nitrogen and oxygen atoms in total. The Morgan fingerprint density at radius 1 is 1.29 bits per heavy atom. The Balaban J connectivity index is 2.13. The van der Waals surface area contributed by atoms with Gasteiger partial charge in [0.2, 0.25) is 0 Å². The average Bonchev–Trinajstić information content (AvgIpc) is 2.93. The van der Waals surface area contributed by atoms with Crippen molar-refractivity contribution in [2.24, 2.45) is 0 Å². The van der Waals surface area contributed by atoms with E-state index < -0.39 is 0 Å². The third-order valence-electron chi connectivity index (χ3n) is 2.66. The summed E-state index contributed by atoms with van der Waals surface area (Å²) in [4.78, 5) is 4.49. The topological polar surface area (TPSA) is 39.7 Å². The van der Waals surface area contributed by atoms with Crippen LogP contribution in [0.3, 0.4) is 0 Å². The Labute approximate surface area is 98.5 Å². The van der Waals surface area contributed by atoms with Crippen LogP contribution in [0.5, 0.6) is 5.75 Å². The highest BCUT2D eigenvalue weighted by Crippen LogP contribution is 2.23. The fourth-order valence-electron chi connectivity index (χ4n) is 1.78. The van der Waals surface area contributed by atoms with Crippen LogP contribution in [-0.4, -0.2) is 16.5 Å². The van der Waals surface area contributed by atoms with Crippen molar-refractivity contribution >= 4 is 5.65 Å². The molecule has 0 aromatic carbocycles. The molecule has 3 rings (SSSR count). The number of rotatable bonds is 2. The lowest BCUT2D eigenvalue weighted by Gasteiger charge is -1.98. The van der Waals surface area contributed by atoms with Gasteiger partial charge in [-0.2, -0.15) is 0 Å². The van der Waals surface area contributed by atoms with Crippen molar-refractivity contribution in [2.75, 3.05) is 7.11 Å². The maximum atomic E-state index is 5.55. The number of fused-ring (bicyclic) bond motifs is 1. The first-order chi connectivity index (χ1) is 8.26. The fraction of sp³-hybridized carbons (Fsp3) is 0.154. The number of imidazole rings is 1. The molecule has 0 spiro atoms. The molecule has 0 aliphatic carbocycles. The number of pyridine rings is 1. The van der Waals surface area contributed by atoms with Gasteiger partial charge < -0.3 is 13.6 Å². The molecule has 0 bridgehead atoms. The quantitative estimate of drug-likeness (QED) is 0.677. The first kappa shape index (κ1) is 9.96. The molecule has 17 heavy (non-hydrogen) atoms. The third kappa shape index (κ3) is 1.67. The van der Waals surface area contributed by atoms with E-state index in [1.165, 1.54) is 0 Å². The zero-order valence-electron chi connectivity index (χ0n) is 9.68. The van der Waals surface area contributed by atoms with Crippen molar-refractivity contribution in [1.82, 2.24) is 9.38 Å². The largest absolute Gasteiger partial charge is 0.497 e. The monoisotopic (exact) mass is 228 g/mol. The van der Waals surface area contributed by atoms with Gasteiger partial charge in [0.15, 0.2) is 5.76 Å². The van der Waals surface area contributed by atoms with Crippen LogP contribution in [0.25, 0.3) is 17.1 Å². The van der Waals surface area contributed by atoms with Gasteiger partial charge in [-0.25, -0.2) is 4.98 Å². The second kappa shape index (κ2) is 3.66. The van der Waals surface area contributed by atoms with Gasteiger partial charge in [-0.15, -0.1) is 0 Å². The normalized spacial score (nSPS) is 10.9. The minimum atomic E-state index is 0.783. The molecule has 0 atom stereocenters. The van der Waals surface area contributed by atoms with Gasteiger partial charge in [-0.1, -0.05) is 0 Å². The van der Waals surface area contributed by atoms with Gasteiger partial charge in [-0.05, 0) is 25.1 Å². The zero-order chi connectivity index (χ0) is 11.8. The molecule has 0 radical (unpaired) electrons. The summed E-state index contributed by atoms with van der Waals surface area (Å²) >= 11 is 0. The zero-order valence-corrected chi connectivity index (χ0v) is 9.68. The first-order valence-electron chi connectivity index (χ1n) is 5.36. The summed E-state index contributed by atoms with van der Waals surface area (Å²) in [5, 5.41) is 0. The highest BCUT2D eigenvalue weighted by molar-refractivity contribution is 5.58. The number of ether oxygens (including phenoxy) is 1. The van der Waals surface area contributed by atoms with E-state index in [2.05, 4.69) is 4.98 Å². The SMILES string of the molecule is COc1ccn2cc(-c3ccc(C)o3)nc2c1. The van der Waals surface area contributed by atoms with Crippen molar-refractivity contribution in [3.05, 3.63) is 42.4 Å². The van der Waals surface area contributed by atoms with E-state index in [1.54, 1.807) is 7.11 Å². The standard InChI is InChI=1S/C13H12N2O2/c1-9-3-4-12(17-9)11-8-15-6-5-10(16-2)7-13(15)14-11/h3-8H,1-2H3. The van der Waals surface area contributed by atoms with E-state index in [4.69, 9.17) is 9.15 Å². The summed E-state index contributed by atoms with van der Waals surface area (Å²) in [6.45, 7) is 1.92. The van der Waals surface area contributed by atoms with E-state index in [0.29, 0.717) is 0 Å². The third-order valence-corrected chi connectivity index (χ3v) is 2.66. The van der Waals surface area contributed by atoms with E-state index >= 15 is 0 Å². The molecule has 3 heterocycles. The molecule has 3 aromatic heterocycles. The van der Waals surface area contributed by atoms with E-state index in [1.807, 2.05) is 48.0 Å². The summed E-state index contributed by atoms with van der Waals surface area (Å²) in [5.41, 5.74) is 1.67. The van der Waals surface area contributed by atoms with Crippen molar-refractivity contribution in [3.8, 4) is 17.2 Å². The molecular formula is C13H12N2O2. The molecule has 0 unspecified atom stereocenters. The second-order valence-corrected chi connectivity index (χ2v) is 3.87. The summed E-state index contributed by atoms with van der Waals surface area (Å²) in [5.74, 6) is 2.46. The van der Waals surface area contributed by atoms with Crippen molar-refractivity contribution in [2.45, 2.75) is 6.92 Å². The van der Waals surface area contributed by atoms with E-state index in [-0.39, 0.29) is 0 Å². The molecule has 0 N–H and O–H groups in total. The summed E-state index contributed by atoms with van der Waals surface area (Å²) in [6.07, 6.45) is 3.85. The Hall–Kier alpha value is -2.23. The molecule has 0 amide bonds. The lowest BCUT2D eigenvalue weighted by molar-refractivity contribution is 0.414. The average molecular weight is 228 g/mol. The predicted octanol–water partition coefficient (Wildman–Crippen LogP) is 2.91. The molecule has 0 saturated carbocycles. The van der Waals surface area contributed by atoms with Gasteiger partial charge in [0.25, 0.3) is 0 Å². The van der Waals surface area contributed by atoms with Gasteiger partial charge in [0, 0.05) is 18.5 Å². The summed E-state index contributed by atoms with van der Waals surface area (Å²) in [7, 11) is 1.64. The molecular weight excluding hydrogens is 216 g/mol. The van der Waals surface area contributed by atoms with E-state index in [9.17, 15) is 0 Å². The van der Waals surface area contributed by atoms with Crippen LogP contribution in [0.2, 0.25) is 0 Å². The molecule has 86 valence electrons. The molecule has 0 saturated heterocycles. The van der Waals surface area contributed by atoms with Gasteiger partial charge in [0.05, 0.1) is 7.11 Å². The lowest BCUT2D eigenvalue weighted by atomic mass is 10.3. The van der Waals surface area contributed by atoms with E-state index in [0.717, 1.165) is 28.6 Å². The molecule has 4 heteroatoms. The van der Waals surface area contributed by atoms with Gasteiger partial charge in [-0.3, -0.25) is 0 Å². The van der Waals surface area contributed by atoms with Crippen molar-refractivity contribution in [1.29, 1.82) is 0 Å². The highest BCUT2D eigenvalue weighted by atomic mass is 16.5. The molecule has 0 aliphatic rings. The number of methoxy groups -OCH3 is 1. The Bertz CT molecular complexity index is 667. The second-order valence-electron chi connectivity index (χ2n) is 3.87. The lowest BCUT2D eigenvalue weighted by Crippen LogP contribution is -1.85. The molecule has 3 aromatic rings. The number of hydrogen-bond donors (Lipinski definition) is 0. The van der Waals surface area contributed by atoms with Crippen LogP contribution in [0, 0.1) is 6.92 Å².